The van der Waals surface area contributed by atoms with Gasteiger partial charge >= 0.3 is 0 Å². The lowest BCUT2D eigenvalue weighted by atomic mass is 9.97. The Kier molecular flexibility index (Phi) is 3.44. The third-order valence-corrected chi connectivity index (χ3v) is 3.64. The molecule has 1 fully saturated rings. The fraction of sp³-hybridized carbons (Fsp3) is 0.533. The highest BCUT2D eigenvalue weighted by Crippen LogP contribution is 2.29. The first-order valence-corrected chi connectivity index (χ1v) is 6.56. The normalized spacial score (nSPS) is 23.9. The lowest BCUT2D eigenvalue weighted by molar-refractivity contribution is -0.120. The van der Waals surface area contributed by atoms with Gasteiger partial charge in [-0.2, -0.15) is 0 Å². The molecule has 1 unspecified atom stereocenters. The summed E-state index contributed by atoms with van der Waals surface area (Å²) >= 11 is 0. The highest BCUT2D eigenvalue weighted by atomic mass is 16.2. The minimum Gasteiger partial charge on any atom is -0.306 e. The van der Waals surface area contributed by atoms with E-state index in [4.69, 9.17) is 0 Å². The molecule has 1 heterocycles. The van der Waals surface area contributed by atoms with Gasteiger partial charge in [0.1, 0.15) is 0 Å². The number of nitrogens with zero attached hydrogens (tertiary/aromatic N) is 1. The number of benzene rings is 1. The molecule has 0 bridgehead atoms. The van der Waals surface area contributed by atoms with Crippen molar-refractivity contribution in [2.24, 2.45) is 0 Å². The molecule has 1 aromatic carbocycles. The second kappa shape index (κ2) is 4.73. The molecule has 1 amide bonds. The number of rotatable bonds is 1. The third-order valence-electron chi connectivity index (χ3n) is 3.64. The maximum atomic E-state index is 12.5. The van der Waals surface area contributed by atoms with Gasteiger partial charge in [-0.25, -0.2) is 0 Å². The van der Waals surface area contributed by atoms with Gasteiger partial charge in [-0.15, -0.1) is 0 Å². The van der Waals surface area contributed by atoms with Crippen molar-refractivity contribution in [1.29, 1.82) is 0 Å². The zero-order valence-corrected chi connectivity index (χ0v) is 11.7. The number of carbonyl (C=O) groups excluding carboxylic acids is 1. The van der Waals surface area contributed by atoms with Crippen molar-refractivity contribution < 1.29 is 4.79 Å². The van der Waals surface area contributed by atoms with Crippen LogP contribution in [0.25, 0.3) is 0 Å². The van der Waals surface area contributed by atoms with Crippen LogP contribution in [0.4, 0.5) is 5.69 Å². The predicted molar refractivity (Wildman–Crippen MR) is 74.8 cm³/mol. The van der Waals surface area contributed by atoms with Gasteiger partial charge in [-0.3, -0.25) is 4.79 Å². The minimum absolute atomic E-state index is 0.118. The van der Waals surface area contributed by atoms with Crippen molar-refractivity contribution in [2.45, 2.75) is 45.7 Å². The Morgan fingerprint density at radius 2 is 2.11 bits per heavy atom. The number of carbonyl (C=O) groups is 1. The summed E-state index contributed by atoms with van der Waals surface area (Å²) in [6.07, 6.45) is 0.955. The average molecular weight is 246 g/mol. The summed E-state index contributed by atoms with van der Waals surface area (Å²) in [5.41, 5.74) is 2.03. The lowest BCUT2D eigenvalue weighted by Crippen LogP contribution is -2.50. The largest absolute Gasteiger partial charge is 0.306 e. The van der Waals surface area contributed by atoms with Gasteiger partial charge in [0.15, 0.2) is 0 Å². The Morgan fingerprint density at radius 1 is 1.39 bits per heavy atom. The van der Waals surface area contributed by atoms with E-state index in [1.807, 2.05) is 24.0 Å². The number of anilines is 1. The van der Waals surface area contributed by atoms with E-state index in [2.05, 4.69) is 38.2 Å². The van der Waals surface area contributed by atoms with E-state index in [9.17, 15) is 4.79 Å². The van der Waals surface area contributed by atoms with Crippen molar-refractivity contribution in [1.82, 2.24) is 5.32 Å². The quantitative estimate of drug-likeness (QED) is 0.825. The Hall–Kier alpha value is -1.35. The highest BCUT2D eigenvalue weighted by Gasteiger charge is 2.36. The van der Waals surface area contributed by atoms with Crippen LogP contribution in [0.5, 0.6) is 0 Å². The zero-order valence-electron chi connectivity index (χ0n) is 11.7. The third kappa shape index (κ3) is 2.41. The lowest BCUT2D eigenvalue weighted by Gasteiger charge is -2.37. The summed E-state index contributed by atoms with van der Waals surface area (Å²) < 4.78 is 0. The van der Waals surface area contributed by atoms with Gasteiger partial charge in [-0.05, 0) is 58.4 Å². The monoisotopic (exact) mass is 246 g/mol. The molecule has 0 radical (unpaired) electrons. The summed E-state index contributed by atoms with van der Waals surface area (Å²) in [5, 5.41) is 3.27. The predicted octanol–water partition coefficient (Wildman–Crippen LogP) is 2.49. The molecule has 3 heteroatoms. The molecule has 1 saturated heterocycles. The SMILES string of the molecule is Cc1cccc(N2C(=O)C(C)NCCC2(C)C)c1. The van der Waals surface area contributed by atoms with Gasteiger partial charge in [0.05, 0.1) is 6.04 Å². The van der Waals surface area contributed by atoms with E-state index in [0.29, 0.717) is 0 Å². The summed E-state index contributed by atoms with van der Waals surface area (Å²) in [4.78, 5) is 14.5. The summed E-state index contributed by atoms with van der Waals surface area (Å²) in [6.45, 7) is 9.13. The Labute approximate surface area is 109 Å². The molecule has 18 heavy (non-hydrogen) atoms. The van der Waals surface area contributed by atoms with Crippen LogP contribution in [0.2, 0.25) is 0 Å². The van der Waals surface area contributed by atoms with Crippen LogP contribution in [0.15, 0.2) is 24.3 Å². The number of amides is 1. The average Bonchev–Trinajstić information content (AvgIpc) is 2.37. The van der Waals surface area contributed by atoms with Gasteiger partial charge in [0.25, 0.3) is 0 Å². The first-order valence-electron chi connectivity index (χ1n) is 6.56. The molecule has 3 nitrogen and oxygen atoms in total. The summed E-state index contributed by atoms with van der Waals surface area (Å²) in [7, 11) is 0. The maximum absolute atomic E-state index is 12.5. The van der Waals surface area contributed by atoms with Crippen LogP contribution >= 0.6 is 0 Å². The smallest absolute Gasteiger partial charge is 0.244 e. The van der Waals surface area contributed by atoms with E-state index in [0.717, 1.165) is 18.7 Å². The first kappa shape index (κ1) is 13.1. The Bertz CT molecular complexity index is 454. The number of hydrogen-bond donors (Lipinski definition) is 1. The fourth-order valence-electron chi connectivity index (χ4n) is 2.53. The van der Waals surface area contributed by atoms with Crippen molar-refractivity contribution >= 4 is 11.6 Å². The van der Waals surface area contributed by atoms with Crippen LogP contribution < -0.4 is 10.2 Å². The molecule has 1 aromatic rings. The maximum Gasteiger partial charge on any atom is 0.244 e. The van der Waals surface area contributed by atoms with E-state index in [1.165, 1.54) is 5.56 Å². The van der Waals surface area contributed by atoms with Crippen LogP contribution in [-0.2, 0) is 4.79 Å². The molecule has 98 valence electrons. The molecule has 0 aliphatic carbocycles. The molecule has 2 rings (SSSR count). The Morgan fingerprint density at radius 3 is 2.78 bits per heavy atom. The van der Waals surface area contributed by atoms with E-state index >= 15 is 0 Å². The van der Waals surface area contributed by atoms with Crippen molar-refractivity contribution in [2.75, 3.05) is 11.4 Å². The standard InChI is InChI=1S/C15H22N2O/c1-11-6-5-7-13(10-11)17-14(18)12(2)16-9-8-15(17,3)4/h5-7,10,12,16H,8-9H2,1-4H3. The molecular weight excluding hydrogens is 224 g/mol. The topological polar surface area (TPSA) is 32.3 Å². The summed E-state index contributed by atoms with van der Waals surface area (Å²) in [5.74, 6) is 0.156. The Balaban J connectivity index is 2.45. The van der Waals surface area contributed by atoms with E-state index in [-0.39, 0.29) is 17.5 Å². The molecular formula is C15H22N2O. The van der Waals surface area contributed by atoms with Gasteiger partial charge in [0, 0.05) is 11.2 Å². The minimum atomic E-state index is -0.150. The van der Waals surface area contributed by atoms with Crippen LogP contribution in [0.3, 0.4) is 0 Å². The number of nitrogens with one attached hydrogen (secondary N) is 1. The number of hydrogen-bond acceptors (Lipinski definition) is 2. The van der Waals surface area contributed by atoms with Crippen molar-refractivity contribution in [3.8, 4) is 0 Å². The highest BCUT2D eigenvalue weighted by molar-refractivity contribution is 5.98. The van der Waals surface area contributed by atoms with Crippen molar-refractivity contribution in [3.63, 3.8) is 0 Å². The second-order valence-electron chi connectivity index (χ2n) is 5.75. The molecule has 1 N–H and O–H groups in total. The van der Waals surface area contributed by atoms with Gasteiger partial charge < -0.3 is 10.2 Å². The van der Waals surface area contributed by atoms with Crippen LogP contribution in [-0.4, -0.2) is 24.0 Å². The molecule has 1 aliphatic heterocycles. The first-order chi connectivity index (χ1) is 8.42. The zero-order chi connectivity index (χ0) is 13.3. The molecule has 1 aliphatic rings. The molecule has 1 atom stereocenters. The second-order valence-corrected chi connectivity index (χ2v) is 5.75. The van der Waals surface area contributed by atoms with Crippen LogP contribution in [0, 0.1) is 6.92 Å². The van der Waals surface area contributed by atoms with Crippen molar-refractivity contribution in [3.05, 3.63) is 29.8 Å². The van der Waals surface area contributed by atoms with E-state index < -0.39 is 0 Å². The van der Waals surface area contributed by atoms with E-state index in [1.54, 1.807) is 0 Å². The van der Waals surface area contributed by atoms with Crippen LogP contribution in [0.1, 0.15) is 32.8 Å². The molecule has 0 saturated carbocycles. The van der Waals surface area contributed by atoms with Gasteiger partial charge in [-0.1, -0.05) is 12.1 Å². The fourth-order valence-corrected chi connectivity index (χ4v) is 2.53. The van der Waals surface area contributed by atoms with Gasteiger partial charge in [0.2, 0.25) is 5.91 Å². The molecule has 0 spiro atoms. The summed E-state index contributed by atoms with van der Waals surface area (Å²) in [6, 6.07) is 8.05. The molecule has 0 aromatic heterocycles. The number of aryl methyl sites for hydroxylation is 1.